The molecular formula is C18H29N3. The summed E-state index contributed by atoms with van der Waals surface area (Å²) in [6.07, 6.45) is 4.82. The molecule has 116 valence electrons. The van der Waals surface area contributed by atoms with Gasteiger partial charge in [0, 0.05) is 43.4 Å². The minimum Gasteiger partial charge on any atom is -0.369 e. The Bertz CT molecular complexity index is 469. The Morgan fingerprint density at radius 2 is 1.71 bits per heavy atom. The molecule has 1 aromatic rings. The monoisotopic (exact) mass is 287 g/mol. The number of anilines is 1. The van der Waals surface area contributed by atoms with Gasteiger partial charge in [-0.25, -0.2) is 0 Å². The zero-order valence-electron chi connectivity index (χ0n) is 13.5. The smallest absolute Gasteiger partial charge is 0.0410 e. The van der Waals surface area contributed by atoms with E-state index in [0.29, 0.717) is 6.04 Å². The molecule has 0 atom stereocenters. The molecule has 0 radical (unpaired) electrons. The molecule has 1 aliphatic carbocycles. The van der Waals surface area contributed by atoms with Gasteiger partial charge in [-0.3, -0.25) is 4.90 Å². The summed E-state index contributed by atoms with van der Waals surface area (Å²) >= 11 is 0. The first kappa shape index (κ1) is 14.9. The molecule has 0 spiro atoms. The fourth-order valence-electron chi connectivity index (χ4n) is 3.80. The number of hydrogen-bond donors (Lipinski definition) is 1. The van der Waals surface area contributed by atoms with Crippen molar-refractivity contribution >= 4 is 5.69 Å². The van der Waals surface area contributed by atoms with Crippen LogP contribution in [0.3, 0.4) is 0 Å². The Labute approximate surface area is 129 Å². The summed E-state index contributed by atoms with van der Waals surface area (Å²) in [6, 6.07) is 9.65. The number of benzene rings is 1. The number of nitrogens with two attached hydrogens (primary N) is 1. The van der Waals surface area contributed by atoms with E-state index in [-0.39, 0.29) is 5.54 Å². The highest BCUT2D eigenvalue weighted by molar-refractivity contribution is 5.50. The number of rotatable bonds is 3. The molecule has 1 saturated carbocycles. The van der Waals surface area contributed by atoms with E-state index >= 15 is 0 Å². The molecule has 0 amide bonds. The molecule has 0 unspecified atom stereocenters. The standard InChI is InChI=1S/C18H29N3/c1-15(2)20-10-12-21(13-11-20)17-7-5-6-16(14-17)18(19)8-3-4-9-18/h5-7,14-15H,3-4,8-13,19H2,1-2H3. The summed E-state index contributed by atoms with van der Waals surface area (Å²) in [4.78, 5) is 5.07. The average molecular weight is 287 g/mol. The predicted molar refractivity (Wildman–Crippen MR) is 89.7 cm³/mol. The van der Waals surface area contributed by atoms with Crippen LogP contribution in [-0.4, -0.2) is 37.1 Å². The van der Waals surface area contributed by atoms with Gasteiger partial charge in [-0.2, -0.15) is 0 Å². The molecule has 0 bridgehead atoms. The second-order valence-electron chi connectivity index (χ2n) is 7.03. The third kappa shape index (κ3) is 3.09. The Morgan fingerprint density at radius 3 is 2.33 bits per heavy atom. The van der Waals surface area contributed by atoms with E-state index in [2.05, 4.69) is 47.9 Å². The molecule has 3 heteroatoms. The van der Waals surface area contributed by atoms with Crippen molar-refractivity contribution in [3.8, 4) is 0 Å². The van der Waals surface area contributed by atoms with Crippen molar-refractivity contribution in [2.24, 2.45) is 5.73 Å². The maximum absolute atomic E-state index is 6.61. The molecule has 2 fully saturated rings. The van der Waals surface area contributed by atoms with Gasteiger partial charge in [0.05, 0.1) is 0 Å². The normalized spacial score (nSPS) is 23.0. The van der Waals surface area contributed by atoms with Crippen molar-refractivity contribution in [3.63, 3.8) is 0 Å². The molecule has 3 rings (SSSR count). The van der Waals surface area contributed by atoms with Crippen LogP contribution in [-0.2, 0) is 5.54 Å². The van der Waals surface area contributed by atoms with Crippen LogP contribution >= 0.6 is 0 Å². The first-order valence-electron chi connectivity index (χ1n) is 8.47. The molecule has 0 aromatic heterocycles. The molecular weight excluding hydrogens is 258 g/mol. The highest BCUT2D eigenvalue weighted by Crippen LogP contribution is 2.37. The van der Waals surface area contributed by atoms with Crippen molar-refractivity contribution in [2.75, 3.05) is 31.1 Å². The molecule has 1 aliphatic heterocycles. The lowest BCUT2D eigenvalue weighted by molar-refractivity contribution is 0.209. The van der Waals surface area contributed by atoms with E-state index in [4.69, 9.17) is 5.73 Å². The molecule has 1 heterocycles. The van der Waals surface area contributed by atoms with Crippen LogP contribution < -0.4 is 10.6 Å². The predicted octanol–water partition coefficient (Wildman–Crippen LogP) is 2.95. The van der Waals surface area contributed by atoms with Crippen molar-refractivity contribution in [3.05, 3.63) is 29.8 Å². The van der Waals surface area contributed by atoms with E-state index in [1.165, 1.54) is 24.1 Å². The fraction of sp³-hybridized carbons (Fsp3) is 0.667. The third-order valence-corrected chi connectivity index (χ3v) is 5.33. The Morgan fingerprint density at radius 1 is 1.05 bits per heavy atom. The van der Waals surface area contributed by atoms with Crippen molar-refractivity contribution in [2.45, 2.75) is 51.1 Å². The quantitative estimate of drug-likeness (QED) is 0.927. The summed E-state index contributed by atoms with van der Waals surface area (Å²) in [6.45, 7) is 9.15. The van der Waals surface area contributed by atoms with Gasteiger partial charge >= 0.3 is 0 Å². The van der Waals surface area contributed by atoms with Gasteiger partial charge in [-0.15, -0.1) is 0 Å². The van der Waals surface area contributed by atoms with E-state index in [1.807, 2.05) is 0 Å². The average Bonchev–Trinajstić information content (AvgIpc) is 2.96. The van der Waals surface area contributed by atoms with Crippen LogP contribution in [0.1, 0.15) is 45.1 Å². The fourth-order valence-corrected chi connectivity index (χ4v) is 3.80. The first-order valence-corrected chi connectivity index (χ1v) is 8.47. The van der Waals surface area contributed by atoms with Crippen LogP contribution in [0.4, 0.5) is 5.69 Å². The van der Waals surface area contributed by atoms with Gasteiger partial charge in [0.15, 0.2) is 0 Å². The number of hydrogen-bond acceptors (Lipinski definition) is 3. The zero-order chi connectivity index (χ0) is 14.9. The third-order valence-electron chi connectivity index (χ3n) is 5.33. The van der Waals surface area contributed by atoms with Gasteiger partial charge in [0.2, 0.25) is 0 Å². The summed E-state index contributed by atoms with van der Waals surface area (Å²) in [5.74, 6) is 0. The van der Waals surface area contributed by atoms with E-state index in [1.54, 1.807) is 0 Å². The molecule has 2 N–H and O–H groups in total. The Hall–Kier alpha value is -1.06. The second-order valence-corrected chi connectivity index (χ2v) is 7.03. The van der Waals surface area contributed by atoms with Crippen LogP contribution in [0.5, 0.6) is 0 Å². The van der Waals surface area contributed by atoms with E-state index in [9.17, 15) is 0 Å². The van der Waals surface area contributed by atoms with Gasteiger partial charge in [-0.1, -0.05) is 25.0 Å². The topological polar surface area (TPSA) is 32.5 Å². The molecule has 1 aromatic carbocycles. The van der Waals surface area contributed by atoms with Crippen LogP contribution in [0.25, 0.3) is 0 Å². The van der Waals surface area contributed by atoms with E-state index in [0.717, 1.165) is 39.0 Å². The first-order chi connectivity index (χ1) is 10.1. The maximum atomic E-state index is 6.61. The van der Waals surface area contributed by atoms with Gasteiger partial charge < -0.3 is 10.6 Å². The lowest BCUT2D eigenvalue weighted by Gasteiger charge is -2.38. The molecule has 21 heavy (non-hydrogen) atoms. The number of nitrogens with zero attached hydrogens (tertiary/aromatic N) is 2. The second kappa shape index (κ2) is 5.98. The van der Waals surface area contributed by atoms with E-state index < -0.39 is 0 Å². The summed E-state index contributed by atoms with van der Waals surface area (Å²) in [5, 5.41) is 0. The SMILES string of the molecule is CC(C)N1CCN(c2cccc(C3(N)CCCC3)c2)CC1. The molecule has 3 nitrogen and oxygen atoms in total. The van der Waals surface area contributed by atoms with Crippen LogP contribution in [0, 0.1) is 0 Å². The van der Waals surface area contributed by atoms with Crippen molar-refractivity contribution < 1.29 is 0 Å². The van der Waals surface area contributed by atoms with Crippen LogP contribution in [0.2, 0.25) is 0 Å². The largest absolute Gasteiger partial charge is 0.369 e. The lowest BCUT2D eigenvalue weighted by Crippen LogP contribution is -2.49. The summed E-state index contributed by atoms with van der Waals surface area (Å²) in [7, 11) is 0. The van der Waals surface area contributed by atoms with Gasteiger partial charge in [0.25, 0.3) is 0 Å². The lowest BCUT2D eigenvalue weighted by atomic mass is 9.89. The molecule has 1 saturated heterocycles. The van der Waals surface area contributed by atoms with Gasteiger partial charge in [-0.05, 0) is 44.4 Å². The van der Waals surface area contributed by atoms with Crippen LogP contribution in [0.15, 0.2) is 24.3 Å². The van der Waals surface area contributed by atoms with Crippen molar-refractivity contribution in [1.82, 2.24) is 4.90 Å². The van der Waals surface area contributed by atoms with Crippen molar-refractivity contribution in [1.29, 1.82) is 0 Å². The zero-order valence-corrected chi connectivity index (χ0v) is 13.5. The summed E-state index contributed by atoms with van der Waals surface area (Å²) < 4.78 is 0. The number of piperazine rings is 1. The maximum Gasteiger partial charge on any atom is 0.0410 e. The minimum absolute atomic E-state index is 0.0736. The summed E-state index contributed by atoms with van der Waals surface area (Å²) in [5.41, 5.74) is 9.23. The van der Waals surface area contributed by atoms with Gasteiger partial charge in [0.1, 0.15) is 0 Å². The Balaban J connectivity index is 1.72. The minimum atomic E-state index is -0.0736. The molecule has 2 aliphatic rings. The Kier molecular flexibility index (Phi) is 4.23. The highest BCUT2D eigenvalue weighted by Gasteiger charge is 2.31. The highest BCUT2D eigenvalue weighted by atomic mass is 15.3.